The van der Waals surface area contributed by atoms with Crippen LogP contribution in [0, 0.1) is 11.3 Å². The average molecular weight is 520 g/mol. The van der Waals surface area contributed by atoms with Crippen molar-refractivity contribution in [1.29, 1.82) is 5.26 Å². The summed E-state index contributed by atoms with van der Waals surface area (Å²) < 4.78 is 12.5. The van der Waals surface area contributed by atoms with Gasteiger partial charge in [0.05, 0.1) is 26.0 Å². The molecule has 0 spiro atoms. The summed E-state index contributed by atoms with van der Waals surface area (Å²) in [6, 6.07) is 11.8. The third-order valence-corrected chi connectivity index (χ3v) is 6.61. The molecule has 1 unspecified atom stereocenters. The molecule has 0 saturated carbocycles. The van der Waals surface area contributed by atoms with Crippen molar-refractivity contribution in [2.75, 3.05) is 5.73 Å². The van der Waals surface area contributed by atoms with Crippen molar-refractivity contribution >= 4 is 64.1 Å². The Morgan fingerprint density at radius 3 is 2.39 bits per heavy atom. The lowest BCUT2D eigenvalue weighted by molar-refractivity contribution is 0.455. The number of fused-ring (bicyclic) bond motifs is 3. The molecule has 1 atom stereocenters. The van der Waals surface area contributed by atoms with E-state index in [0.29, 0.717) is 36.9 Å². The first-order valence-electron chi connectivity index (χ1n) is 9.33. The van der Waals surface area contributed by atoms with Gasteiger partial charge in [-0.3, -0.25) is 0 Å². The highest BCUT2D eigenvalue weighted by molar-refractivity contribution is 6.42. The topological polar surface area (TPSA) is 111 Å². The van der Waals surface area contributed by atoms with Crippen LogP contribution < -0.4 is 22.3 Å². The normalized spacial score (nSPS) is 15.3. The number of nitrogens with two attached hydrogens (primary N) is 1. The van der Waals surface area contributed by atoms with E-state index in [4.69, 9.17) is 61.0 Å². The van der Waals surface area contributed by atoms with Gasteiger partial charge in [0.25, 0.3) is 6.01 Å². The molecule has 0 bridgehead atoms. The maximum Gasteiger partial charge on any atom is 0.362 e. The fourth-order valence-electron chi connectivity index (χ4n) is 3.72. The van der Waals surface area contributed by atoms with E-state index in [2.05, 4.69) is 11.1 Å². The predicted octanol–water partition coefficient (Wildman–Crippen LogP) is 4.26. The van der Waals surface area contributed by atoms with Crippen LogP contribution in [0.25, 0.3) is 17.5 Å². The summed E-state index contributed by atoms with van der Waals surface area (Å²) in [7, 11) is 0. The molecule has 0 radical (unpaired) electrons. The van der Waals surface area contributed by atoms with Gasteiger partial charge in [-0.05, 0) is 41.5 Å². The van der Waals surface area contributed by atoms with E-state index in [1.54, 1.807) is 36.4 Å². The minimum Gasteiger partial charge on any atom is -0.406 e. The van der Waals surface area contributed by atoms with Gasteiger partial charge in [0, 0.05) is 0 Å². The summed E-state index contributed by atoms with van der Waals surface area (Å²) in [5.41, 5.74) is 6.79. The number of oxazole rings is 2. The van der Waals surface area contributed by atoms with Crippen LogP contribution in [0.1, 0.15) is 22.7 Å². The largest absolute Gasteiger partial charge is 0.406 e. The van der Waals surface area contributed by atoms with E-state index in [9.17, 15) is 10.1 Å². The predicted molar refractivity (Wildman–Crippen MR) is 125 cm³/mol. The van der Waals surface area contributed by atoms with Crippen molar-refractivity contribution in [2.45, 2.75) is 5.92 Å². The highest BCUT2D eigenvalue weighted by Crippen LogP contribution is 2.39. The molecular weight excluding hydrogens is 510 g/mol. The highest BCUT2D eigenvalue weighted by atomic mass is 35.5. The van der Waals surface area contributed by atoms with Crippen molar-refractivity contribution in [3.63, 3.8) is 0 Å². The van der Waals surface area contributed by atoms with E-state index in [-0.39, 0.29) is 28.4 Å². The van der Waals surface area contributed by atoms with Gasteiger partial charge in [-0.15, -0.1) is 0 Å². The lowest BCUT2D eigenvalue weighted by Crippen LogP contribution is -2.35. The van der Waals surface area contributed by atoms with Crippen LogP contribution in [0.4, 0.5) is 6.01 Å². The molecule has 164 valence electrons. The van der Waals surface area contributed by atoms with Gasteiger partial charge in [-0.2, -0.15) is 10.2 Å². The zero-order chi connectivity index (χ0) is 23.4. The molecule has 33 heavy (non-hydrogen) atoms. The summed E-state index contributed by atoms with van der Waals surface area (Å²) >= 11 is 24.3. The molecule has 0 saturated heterocycles. The minimum atomic E-state index is -0.746. The molecule has 2 aromatic heterocycles. The smallest absolute Gasteiger partial charge is 0.362 e. The maximum absolute atomic E-state index is 12.9. The van der Waals surface area contributed by atoms with Crippen LogP contribution in [-0.4, -0.2) is 9.55 Å². The molecule has 0 fully saturated rings. The summed E-state index contributed by atoms with van der Waals surface area (Å²) in [6.45, 7) is 0. The van der Waals surface area contributed by atoms with Crippen LogP contribution in [0.15, 0.2) is 50.0 Å². The molecule has 3 heterocycles. The average Bonchev–Trinajstić information content (AvgIpc) is 3.31. The molecular formula is C22H10Cl4N4O3. The van der Waals surface area contributed by atoms with Crippen molar-refractivity contribution in [1.82, 2.24) is 9.55 Å². The number of anilines is 1. The second kappa shape index (κ2) is 8.01. The fraction of sp³-hybridized carbons (Fsp3) is 0.0455. The minimum absolute atomic E-state index is 0.00599. The Kier molecular flexibility index (Phi) is 5.26. The maximum atomic E-state index is 12.9. The first-order chi connectivity index (χ1) is 15.8. The number of hydrogen-bond donors (Lipinski definition) is 1. The number of aromatic nitrogens is 2. The number of nitrogens with zero attached hydrogens (tertiary/aromatic N) is 3. The van der Waals surface area contributed by atoms with Crippen molar-refractivity contribution < 1.29 is 8.83 Å². The lowest BCUT2D eigenvalue weighted by Gasteiger charge is -2.19. The SMILES string of the molecule is N#CC1=c2oc(=O)/c(=C\c3ccc(Cl)c(Cl)c3)n2-c2oc(N)nc2C1c1ccc(Cl)c(Cl)c1. The molecule has 2 aromatic carbocycles. The Morgan fingerprint density at radius 1 is 1.03 bits per heavy atom. The van der Waals surface area contributed by atoms with Gasteiger partial charge in [0.15, 0.2) is 0 Å². The molecule has 1 aliphatic rings. The van der Waals surface area contributed by atoms with Gasteiger partial charge in [-0.1, -0.05) is 58.5 Å². The van der Waals surface area contributed by atoms with E-state index in [0.717, 1.165) is 0 Å². The Bertz CT molecular complexity index is 1680. The van der Waals surface area contributed by atoms with Gasteiger partial charge in [0.1, 0.15) is 22.7 Å². The third kappa shape index (κ3) is 3.52. The van der Waals surface area contributed by atoms with Crippen LogP contribution in [0.5, 0.6) is 0 Å². The van der Waals surface area contributed by atoms with Gasteiger partial charge in [-0.25, -0.2) is 9.36 Å². The Labute approximate surface area is 205 Å². The molecule has 0 aliphatic carbocycles. The number of nitriles is 1. The molecule has 7 nitrogen and oxygen atoms in total. The number of rotatable bonds is 2. The number of nitrogen functional groups attached to an aromatic ring is 1. The first-order valence-corrected chi connectivity index (χ1v) is 10.8. The molecule has 11 heteroatoms. The molecule has 4 aromatic rings. The molecule has 2 N–H and O–H groups in total. The van der Waals surface area contributed by atoms with E-state index < -0.39 is 11.5 Å². The number of hydrogen-bond acceptors (Lipinski definition) is 6. The summed E-state index contributed by atoms with van der Waals surface area (Å²) in [5.74, 6) is -0.598. The van der Waals surface area contributed by atoms with Crippen molar-refractivity contribution in [3.05, 3.63) is 94.6 Å². The highest BCUT2D eigenvalue weighted by Gasteiger charge is 2.36. The second-order valence-electron chi connectivity index (χ2n) is 7.11. The van der Waals surface area contributed by atoms with Gasteiger partial charge < -0.3 is 14.6 Å². The number of benzene rings is 2. The van der Waals surface area contributed by atoms with Crippen LogP contribution in [-0.2, 0) is 0 Å². The Balaban J connectivity index is 1.86. The van der Waals surface area contributed by atoms with Crippen LogP contribution in [0.2, 0.25) is 20.1 Å². The lowest BCUT2D eigenvalue weighted by atomic mass is 9.88. The Hall–Kier alpha value is -3.15. The zero-order valence-electron chi connectivity index (χ0n) is 16.3. The zero-order valence-corrected chi connectivity index (χ0v) is 19.3. The van der Waals surface area contributed by atoms with Gasteiger partial charge >= 0.3 is 5.63 Å². The Morgan fingerprint density at radius 2 is 1.73 bits per heavy atom. The van der Waals surface area contributed by atoms with E-state index in [1.165, 1.54) is 10.6 Å². The van der Waals surface area contributed by atoms with E-state index in [1.807, 2.05) is 0 Å². The third-order valence-electron chi connectivity index (χ3n) is 5.13. The first kappa shape index (κ1) is 21.7. The second-order valence-corrected chi connectivity index (χ2v) is 8.74. The van der Waals surface area contributed by atoms with E-state index >= 15 is 0 Å². The number of halogens is 4. The van der Waals surface area contributed by atoms with Crippen LogP contribution in [0.3, 0.4) is 0 Å². The van der Waals surface area contributed by atoms with Crippen LogP contribution >= 0.6 is 46.4 Å². The van der Waals surface area contributed by atoms with Gasteiger partial charge in [0.2, 0.25) is 11.4 Å². The molecule has 5 rings (SSSR count). The molecule has 0 amide bonds. The summed E-state index contributed by atoms with van der Waals surface area (Å²) in [6.07, 6.45) is 1.54. The quantitative estimate of drug-likeness (QED) is 0.423. The summed E-state index contributed by atoms with van der Waals surface area (Å²) in [4.78, 5) is 17.1. The summed E-state index contributed by atoms with van der Waals surface area (Å²) in [5, 5.41) is 11.4. The molecule has 1 aliphatic heterocycles. The van der Waals surface area contributed by atoms with Crippen molar-refractivity contribution in [3.8, 4) is 12.0 Å². The van der Waals surface area contributed by atoms with Crippen molar-refractivity contribution in [2.24, 2.45) is 0 Å². The monoisotopic (exact) mass is 518 g/mol. The standard InChI is InChI=1S/C22H10Cl4N4O3/c23-12-3-1-9(5-14(12)25)6-16-21(31)32-19-11(8-27)17(10-2-4-13(24)15(26)7-10)18-20(30(16)19)33-22(28)29-18/h1-7,17H,(H2,28,29)/b16-6+. The fourth-order valence-corrected chi connectivity index (χ4v) is 4.34.